The Kier molecular flexibility index (Phi) is 5.51. The summed E-state index contributed by atoms with van der Waals surface area (Å²) in [5.41, 5.74) is 3.22. The molecule has 1 fully saturated rings. The Labute approximate surface area is 159 Å². The summed E-state index contributed by atoms with van der Waals surface area (Å²) in [5.74, 6) is 1.55. The normalized spacial score (nSPS) is 17.7. The molecule has 0 radical (unpaired) electrons. The molecule has 0 spiro atoms. The van der Waals surface area contributed by atoms with Crippen LogP contribution in [0.5, 0.6) is 5.75 Å². The number of aromatic nitrogens is 1. The molecule has 1 atom stereocenters. The summed E-state index contributed by atoms with van der Waals surface area (Å²) in [6.07, 6.45) is 2.85. The lowest BCUT2D eigenvalue weighted by atomic mass is 10.1. The molecule has 140 valence electrons. The highest BCUT2D eigenvalue weighted by Gasteiger charge is 2.22. The fraction of sp³-hybridized carbons (Fsp3) is 0.318. The molecule has 0 saturated carbocycles. The molecule has 1 saturated heterocycles. The van der Waals surface area contributed by atoms with E-state index in [4.69, 9.17) is 13.9 Å². The zero-order valence-electron chi connectivity index (χ0n) is 15.5. The maximum absolute atomic E-state index is 5.96. The van der Waals surface area contributed by atoms with Gasteiger partial charge in [0.25, 0.3) is 0 Å². The van der Waals surface area contributed by atoms with E-state index in [1.54, 1.807) is 13.4 Å². The van der Waals surface area contributed by atoms with E-state index in [9.17, 15) is 0 Å². The van der Waals surface area contributed by atoms with Gasteiger partial charge < -0.3 is 13.9 Å². The Balaban J connectivity index is 1.35. The molecule has 0 unspecified atom stereocenters. The lowest BCUT2D eigenvalue weighted by Gasteiger charge is -2.32. The van der Waals surface area contributed by atoms with Crippen molar-refractivity contribution in [1.82, 2.24) is 9.88 Å². The minimum absolute atomic E-state index is 0.188. The first-order valence-corrected chi connectivity index (χ1v) is 9.27. The van der Waals surface area contributed by atoms with Crippen LogP contribution in [0.25, 0.3) is 11.5 Å². The summed E-state index contributed by atoms with van der Waals surface area (Å²) < 4.78 is 16.8. The highest BCUT2D eigenvalue weighted by atomic mass is 16.5. The number of ether oxygens (including phenoxy) is 2. The van der Waals surface area contributed by atoms with Crippen molar-refractivity contribution in [3.05, 3.63) is 72.1 Å². The summed E-state index contributed by atoms with van der Waals surface area (Å²) in [4.78, 5) is 7.02. The van der Waals surface area contributed by atoms with Crippen molar-refractivity contribution in [2.45, 2.75) is 19.1 Å². The Morgan fingerprint density at radius 3 is 2.70 bits per heavy atom. The van der Waals surface area contributed by atoms with Crippen molar-refractivity contribution in [3.8, 4) is 17.2 Å². The van der Waals surface area contributed by atoms with Gasteiger partial charge in [-0.3, -0.25) is 4.90 Å². The summed E-state index contributed by atoms with van der Waals surface area (Å²) in [6.45, 7) is 3.31. The quantitative estimate of drug-likeness (QED) is 0.666. The zero-order chi connectivity index (χ0) is 18.5. The van der Waals surface area contributed by atoms with Crippen LogP contribution in [-0.2, 0) is 17.7 Å². The minimum atomic E-state index is 0.188. The van der Waals surface area contributed by atoms with Crippen molar-refractivity contribution < 1.29 is 13.9 Å². The van der Waals surface area contributed by atoms with Crippen LogP contribution >= 0.6 is 0 Å². The Morgan fingerprint density at radius 2 is 1.93 bits per heavy atom. The highest BCUT2D eigenvalue weighted by molar-refractivity contribution is 5.52. The van der Waals surface area contributed by atoms with Crippen molar-refractivity contribution >= 4 is 0 Å². The first kappa shape index (κ1) is 17.8. The van der Waals surface area contributed by atoms with Crippen LogP contribution in [0.15, 0.2) is 65.3 Å². The van der Waals surface area contributed by atoms with E-state index >= 15 is 0 Å². The van der Waals surface area contributed by atoms with E-state index in [2.05, 4.69) is 22.0 Å². The molecular weight excluding hydrogens is 340 g/mol. The Bertz CT molecular complexity index is 846. The second-order valence-electron chi connectivity index (χ2n) is 6.79. The van der Waals surface area contributed by atoms with Crippen LogP contribution in [0.4, 0.5) is 0 Å². The number of morpholine rings is 1. The third-order valence-electron chi connectivity index (χ3n) is 4.80. The third kappa shape index (κ3) is 4.56. The topological polar surface area (TPSA) is 47.7 Å². The zero-order valence-corrected chi connectivity index (χ0v) is 15.5. The van der Waals surface area contributed by atoms with Crippen LogP contribution < -0.4 is 4.74 Å². The first-order valence-electron chi connectivity index (χ1n) is 9.27. The van der Waals surface area contributed by atoms with Gasteiger partial charge in [-0.05, 0) is 36.2 Å². The van der Waals surface area contributed by atoms with Gasteiger partial charge in [-0.25, -0.2) is 4.98 Å². The van der Waals surface area contributed by atoms with Gasteiger partial charge in [0.1, 0.15) is 12.0 Å². The largest absolute Gasteiger partial charge is 0.497 e. The van der Waals surface area contributed by atoms with E-state index in [0.717, 1.165) is 49.7 Å². The van der Waals surface area contributed by atoms with E-state index < -0.39 is 0 Å². The molecule has 1 aromatic heterocycles. The summed E-state index contributed by atoms with van der Waals surface area (Å²) in [5, 5.41) is 0. The SMILES string of the molecule is COc1ccc(C[C@H]2CN(Cc3coc(-c4ccccc4)n3)CCO2)cc1. The number of oxazole rings is 1. The number of nitrogens with zero attached hydrogens (tertiary/aromatic N) is 2. The minimum Gasteiger partial charge on any atom is -0.497 e. The van der Waals surface area contributed by atoms with Gasteiger partial charge in [-0.1, -0.05) is 30.3 Å². The number of hydrogen-bond donors (Lipinski definition) is 0. The summed E-state index contributed by atoms with van der Waals surface area (Å²) >= 11 is 0. The standard InChI is InChI=1S/C22H24N2O3/c1-25-20-9-7-17(8-10-20)13-21-15-24(11-12-26-21)14-19-16-27-22(23-19)18-5-3-2-4-6-18/h2-10,16,21H,11-15H2,1H3/t21-/m0/s1. The Morgan fingerprint density at radius 1 is 1.11 bits per heavy atom. The molecule has 1 aliphatic heterocycles. The molecule has 27 heavy (non-hydrogen) atoms. The van der Waals surface area contributed by atoms with Crippen LogP contribution in [0.1, 0.15) is 11.3 Å². The average Bonchev–Trinajstić information content (AvgIpc) is 3.18. The fourth-order valence-corrected chi connectivity index (χ4v) is 3.39. The molecule has 0 aliphatic carbocycles. The van der Waals surface area contributed by atoms with Gasteiger partial charge >= 0.3 is 0 Å². The van der Waals surface area contributed by atoms with E-state index in [0.29, 0.717) is 5.89 Å². The maximum Gasteiger partial charge on any atom is 0.226 e. The first-order chi connectivity index (χ1) is 13.3. The molecule has 5 nitrogen and oxygen atoms in total. The lowest BCUT2D eigenvalue weighted by molar-refractivity contribution is -0.0308. The number of hydrogen-bond acceptors (Lipinski definition) is 5. The van der Waals surface area contributed by atoms with Crippen LogP contribution in [0.3, 0.4) is 0 Å². The molecular formula is C22H24N2O3. The average molecular weight is 364 g/mol. The van der Waals surface area contributed by atoms with Crippen molar-refractivity contribution in [1.29, 1.82) is 0 Å². The molecule has 5 heteroatoms. The molecule has 3 aromatic rings. The van der Waals surface area contributed by atoms with Gasteiger partial charge in [-0.15, -0.1) is 0 Å². The van der Waals surface area contributed by atoms with Crippen LogP contribution in [0, 0.1) is 0 Å². The molecule has 0 N–H and O–H groups in total. The van der Waals surface area contributed by atoms with Crippen molar-refractivity contribution in [2.24, 2.45) is 0 Å². The predicted molar refractivity (Wildman–Crippen MR) is 104 cm³/mol. The summed E-state index contributed by atoms with van der Waals surface area (Å²) in [6, 6.07) is 18.2. The lowest BCUT2D eigenvalue weighted by Crippen LogP contribution is -2.42. The second-order valence-corrected chi connectivity index (χ2v) is 6.79. The molecule has 0 amide bonds. The number of methoxy groups -OCH3 is 1. The highest BCUT2D eigenvalue weighted by Crippen LogP contribution is 2.20. The molecule has 4 rings (SSSR count). The number of benzene rings is 2. The molecule has 2 aromatic carbocycles. The summed E-state index contributed by atoms with van der Waals surface area (Å²) in [7, 11) is 1.68. The number of rotatable bonds is 6. The third-order valence-corrected chi connectivity index (χ3v) is 4.80. The van der Waals surface area contributed by atoms with E-state index in [1.807, 2.05) is 42.5 Å². The van der Waals surface area contributed by atoms with Gasteiger partial charge in [0.2, 0.25) is 5.89 Å². The fourth-order valence-electron chi connectivity index (χ4n) is 3.39. The molecule has 1 aliphatic rings. The Hall–Kier alpha value is -2.63. The van der Waals surface area contributed by atoms with Gasteiger partial charge in [0.15, 0.2) is 0 Å². The monoisotopic (exact) mass is 364 g/mol. The van der Waals surface area contributed by atoms with E-state index in [1.165, 1.54) is 5.56 Å². The molecule has 0 bridgehead atoms. The van der Waals surface area contributed by atoms with Crippen LogP contribution in [-0.4, -0.2) is 42.8 Å². The van der Waals surface area contributed by atoms with Gasteiger partial charge in [0, 0.05) is 25.2 Å². The maximum atomic E-state index is 5.96. The van der Waals surface area contributed by atoms with Crippen molar-refractivity contribution in [2.75, 3.05) is 26.8 Å². The molecule has 2 heterocycles. The predicted octanol–water partition coefficient (Wildman–Crippen LogP) is 3.79. The van der Waals surface area contributed by atoms with E-state index in [-0.39, 0.29) is 6.10 Å². The van der Waals surface area contributed by atoms with Crippen LogP contribution in [0.2, 0.25) is 0 Å². The second kappa shape index (κ2) is 8.37. The smallest absolute Gasteiger partial charge is 0.226 e. The van der Waals surface area contributed by atoms with Gasteiger partial charge in [-0.2, -0.15) is 0 Å². The van der Waals surface area contributed by atoms with Gasteiger partial charge in [0.05, 0.1) is 25.5 Å². The van der Waals surface area contributed by atoms with Crippen molar-refractivity contribution in [3.63, 3.8) is 0 Å².